The first kappa shape index (κ1) is 13.3. The summed E-state index contributed by atoms with van der Waals surface area (Å²) >= 11 is 1.89. The van der Waals surface area contributed by atoms with Crippen molar-refractivity contribution in [3.05, 3.63) is 0 Å². The first-order chi connectivity index (χ1) is 7.72. The largest absolute Gasteiger partial charge is 0.354 e. The van der Waals surface area contributed by atoms with Crippen molar-refractivity contribution in [1.82, 2.24) is 10.6 Å². The highest BCUT2D eigenvalue weighted by molar-refractivity contribution is 8.00. The minimum Gasteiger partial charge on any atom is -0.354 e. The van der Waals surface area contributed by atoms with Crippen molar-refractivity contribution in [2.75, 3.05) is 25.9 Å². The molecule has 0 atom stereocenters. The topological polar surface area (TPSA) is 64.9 Å². The molecule has 90 valence electrons. The highest BCUT2D eigenvalue weighted by Gasteiger charge is 2.35. The molecule has 0 bridgehead atoms. The van der Waals surface area contributed by atoms with E-state index in [1.807, 2.05) is 17.8 Å². The number of hydrogen-bond acceptors (Lipinski definition) is 4. The van der Waals surface area contributed by atoms with Gasteiger partial charge < -0.3 is 10.6 Å². The van der Waals surface area contributed by atoms with Crippen LogP contribution in [0.15, 0.2) is 0 Å². The van der Waals surface area contributed by atoms with Crippen LogP contribution in [0.1, 0.15) is 25.7 Å². The predicted octanol–water partition coefficient (Wildman–Crippen LogP) is 0.892. The maximum absolute atomic E-state index is 11.3. The molecule has 0 aliphatic heterocycles. The number of nitrogens with one attached hydrogen (secondary N) is 2. The molecule has 0 heterocycles. The van der Waals surface area contributed by atoms with Crippen molar-refractivity contribution in [2.24, 2.45) is 0 Å². The molecule has 4 nitrogen and oxygen atoms in total. The zero-order valence-corrected chi connectivity index (χ0v) is 10.5. The standard InChI is InChI=1S/C11H19N3OS/c1-16-11(4-2-5-11)9-13-8-10(15)14-7-3-6-12/h13H,2-5,7-9H2,1H3,(H,14,15). The number of thioether (sulfide) groups is 1. The fourth-order valence-electron chi connectivity index (χ4n) is 1.75. The average Bonchev–Trinajstić information content (AvgIpc) is 2.22. The Morgan fingerprint density at radius 2 is 2.31 bits per heavy atom. The summed E-state index contributed by atoms with van der Waals surface area (Å²) < 4.78 is 0.368. The summed E-state index contributed by atoms with van der Waals surface area (Å²) in [6.45, 7) is 1.71. The van der Waals surface area contributed by atoms with Crippen LogP contribution >= 0.6 is 11.8 Å². The van der Waals surface area contributed by atoms with Crippen molar-refractivity contribution < 1.29 is 4.79 Å². The van der Waals surface area contributed by atoms with Gasteiger partial charge in [-0.3, -0.25) is 4.79 Å². The Balaban J connectivity index is 2.06. The highest BCUT2D eigenvalue weighted by atomic mass is 32.2. The molecule has 0 aromatic carbocycles. The molecule has 1 amide bonds. The van der Waals surface area contributed by atoms with Crippen molar-refractivity contribution in [1.29, 1.82) is 5.26 Å². The van der Waals surface area contributed by atoms with Gasteiger partial charge in [0, 0.05) is 17.8 Å². The first-order valence-electron chi connectivity index (χ1n) is 5.62. The fourth-order valence-corrected chi connectivity index (χ4v) is 2.69. The van der Waals surface area contributed by atoms with Crippen LogP contribution in [0.3, 0.4) is 0 Å². The molecule has 0 saturated heterocycles. The molecule has 0 unspecified atom stereocenters. The number of rotatable bonds is 7. The van der Waals surface area contributed by atoms with E-state index in [0.717, 1.165) is 6.54 Å². The molecule has 1 rings (SSSR count). The number of hydrogen-bond donors (Lipinski definition) is 2. The van der Waals surface area contributed by atoms with E-state index in [9.17, 15) is 4.79 Å². The minimum atomic E-state index is -0.0224. The van der Waals surface area contributed by atoms with Gasteiger partial charge in [-0.25, -0.2) is 0 Å². The summed E-state index contributed by atoms with van der Waals surface area (Å²) in [6, 6.07) is 1.99. The van der Waals surface area contributed by atoms with Gasteiger partial charge in [0.15, 0.2) is 0 Å². The Morgan fingerprint density at radius 1 is 1.56 bits per heavy atom. The quantitative estimate of drug-likeness (QED) is 0.650. The highest BCUT2D eigenvalue weighted by Crippen LogP contribution is 2.41. The fraction of sp³-hybridized carbons (Fsp3) is 0.818. The molecule has 1 aliphatic carbocycles. The van der Waals surface area contributed by atoms with E-state index < -0.39 is 0 Å². The van der Waals surface area contributed by atoms with E-state index >= 15 is 0 Å². The van der Waals surface area contributed by atoms with Crippen LogP contribution in [0.2, 0.25) is 0 Å². The normalized spacial score (nSPS) is 17.2. The van der Waals surface area contributed by atoms with E-state index in [-0.39, 0.29) is 5.91 Å². The van der Waals surface area contributed by atoms with E-state index in [2.05, 4.69) is 16.9 Å². The summed E-state index contributed by atoms with van der Waals surface area (Å²) in [5.74, 6) is -0.0224. The molecule has 16 heavy (non-hydrogen) atoms. The van der Waals surface area contributed by atoms with Crippen molar-refractivity contribution in [2.45, 2.75) is 30.4 Å². The molecule has 5 heteroatoms. The van der Waals surface area contributed by atoms with Crippen LogP contribution in [-0.4, -0.2) is 36.5 Å². The van der Waals surface area contributed by atoms with Crippen LogP contribution in [0, 0.1) is 11.3 Å². The SMILES string of the molecule is CSC1(CNCC(=O)NCCC#N)CCC1. The van der Waals surface area contributed by atoms with Gasteiger partial charge in [0.05, 0.1) is 19.0 Å². The number of carbonyl (C=O) groups is 1. The van der Waals surface area contributed by atoms with Gasteiger partial charge in [0.1, 0.15) is 0 Å². The van der Waals surface area contributed by atoms with Crippen LogP contribution in [0.25, 0.3) is 0 Å². The van der Waals surface area contributed by atoms with Gasteiger partial charge in [0.2, 0.25) is 5.91 Å². The lowest BCUT2D eigenvalue weighted by Crippen LogP contribution is -2.46. The van der Waals surface area contributed by atoms with E-state index in [1.54, 1.807) is 0 Å². The molecule has 2 N–H and O–H groups in total. The first-order valence-corrected chi connectivity index (χ1v) is 6.84. The van der Waals surface area contributed by atoms with Gasteiger partial charge in [-0.15, -0.1) is 0 Å². The molecule has 0 spiro atoms. The van der Waals surface area contributed by atoms with E-state index in [1.165, 1.54) is 19.3 Å². The summed E-state index contributed by atoms with van der Waals surface area (Å²) in [7, 11) is 0. The lowest BCUT2D eigenvalue weighted by Gasteiger charge is -2.40. The van der Waals surface area contributed by atoms with Gasteiger partial charge >= 0.3 is 0 Å². The Bertz CT molecular complexity index is 265. The zero-order valence-electron chi connectivity index (χ0n) is 9.71. The number of carbonyl (C=O) groups excluding carboxylic acids is 1. The Morgan fingerprint density at radius 3 is 2.81 bits per heavy atom. The average molecular weight is 241 g/mol. The predicted molar refractivity (Wildman–Crippen MR) is 66.2 cm³/mol. The summed E-state index contributed by atoms with van der Waals surface area (Å²) in [5.41, 5.74) is 0. The van der Waals surface area contributed by atoms with E-state index in [0.29, 0.717) is 24.3 Å². The lowest BCUT2D eigenvalue weighted by molar-refractivity contribution is -0.120. The third-order valence-electron chi connectivity index (χ3n) is 2.99. The number of nitrogens with zero attached hydrogens (tertiary/aromatic N) is 1. The summed E-state index contributed by atoms with van der Waals surface area (Å²) in [4.78, 5) is 11.3. The summed E-state index contributed by atoms with van der Waals surface area (Å²) in [6.07, 6.45) is 6.31. The second kappa shape index (κ2) is 6.77. The van der Waals surface area contributed by atoms with Crippen LogP contribution in [0.5, 0.6) is 0 Å². The van der Waals surface area contributed by atoms with E-state index in [4.69, 9.17) is 5.26 Å². The molecule has 0 aromatic heterocycles. The number of nitriles is 1. The number of amides is 1. The third-order valence-corrected chi connectivity index (χ3v) is 4.41. The maximum atomic E-state index is 11.3. The Kier molecular flexibility index (Phi) is 5.64. The smallest absolute Gasteiger partial charge is 0.233 e. The molecule has 1 aliphatic rings. The van der Waals surface area contributed by atoms with Crippen molar-refractivity contribution in [3.8, 4) is 6.07 Å². The Hall–Kier alpha value is -0.730. The van der Waals surface area contributed by atoms with Crippen molar-refractivity contribution >= 4 is 17.7 Å². The molecular formula is C11H19N3OS. The minimum absolute atomic E-state index is 0.0224. The van der Waals surface area contributed by atoms with Gasteiger partial charge in [0.25, 0.3) is 0 Å². The lowest BCUT2D eigenvalue weighted by atomic mass is 9.84. The summed E-state index contributed by atoms with van der Waals surface area (Å²) in [5, 5.41) is 14.2. The molecule has 0 radical (unpaired) electrons. The third kappa shape index (κ3) is 4.03. The van der Waals surface area contributed by atoms with Crippen LogP contribution in [0.4, 0.5) is 0 Å². The molecular weight excluding hydrogens is 222 g/mol. The van der Waals surface area contributed by atoms with Gasteiger partial charge in [-0.2, -0.15) is 17.0 Å². The van der Waals surface area contributed by atoms with Crippen LogP contribution in [-0.2, 0) is 4.79 Å². The maximum Gasteiger partial charge on any atom is 0.233 e. The second-order valence-corrected chi connectivity index (χ2v) is 5.38. The molecule has 0 aromatic rings. The van der Waals surface area contributed by atoms with Crippen LogP contribution < -0.4 is 10.6 Å². The van der Waals surface area contributed by atoms with Crippen molar-refractivity contribution in [3.63, 3.8) is 0 Å². The zero-order chi connectivity index (χ0) is 11.9. The molecule has 1 saturated carbocycles. The molecule has 1 fully saturated rings. The monoisotopic (exact) mass is 241 g/mol. The second-order valence-electron chi connectivity index (χ2n) is 4.10. The van der Waals surface area contributed by atoms with Gasteiger partial charge in [-0.05, 0) is 19.1 Å². The Labute approximate surface area is 101 Å². The van der Waals surface area contributed by atoms with Gasteiger partial charge in [-0.1, -0.05) is 6.42 Å².